The number of hydrazine groups is 1. The summed E-state index contributed by atoms with van der Waals surface area (Å²) in [6.07, 6.45) is 3.77. The van der Waals surface area contributed by atoms with Crippen LogP contribution in [0.15, 0.2) is 24.3 Å². The van der Waals surface area contributed by atoms with Crippen molar-refractivity contribution >= 4 is 0 Å². The monoisotopic (exact) mass is 236 g/mol. The van der Waals surface area contributed by atoms with Crippen molar-refractivity contribution in [3.05, 3.63) is 35.6 Å². The number of nitrogens with two attached hydrogens (primary N) is 1. The van der Waals surface area contributed by atoms with Gasteiger partial charge in [-0.05, 0) is 36.5 Å². The first kappa shape index (κ1) is 12.5. The van der Waals surface area contributed by atoms with E-state index in [2.05, 4.69) is 19.3 Å². The van der Waals surface area contributed by atoms with Gasteiger partial charge < -0.3 is 0 Å². The normalized spacial score (nSPS) is 18.8. The van der Waals surface area contributed by atoms with Crippen LogP contribution in [0.5, 0.6) is 0 Å². The largest absolute Gasteiger partial charge is 0.271 e. The molecule has 1 aromatic carbocycles. The molecule has 1 unspecified atom stereocenters. The zero-order valence-corrected chi connectivity index (χ0v) is 10.5. The average molecular weight is 236 g/mol. The lowest BCUT2D eigenvalue weighted by Gasteiger charge is -2.43. The molecule has 1 aromatic rings. The van der Waals surface area contributed by atoms with Gasteiger partial charge in [0.25, 0.3) is 0 Å². The molecule has 3 N–H and O–H groups in total. The summed E-state index contributed by atoms with van der Waals surface area (Å²) in [5, 5.41) is 0. The second-order valence-electron chi connectivity index (χ2n) is 5.56. The van der Waals surface area contributed by atoms with Crippen LogP contribution in [0.25, 0.3) is 0 Å². The molecule has 1 aliphatic rings. The maximum absolute atomic E-state index is 13.0. The lowest BCUT2D eigenvalue weighted by atomic mass is 9.66. The highest BCUT2D eigenvalue weighted by Gasteiger charge is 2.38. The molecule has 2 rings (SSSR count). The summed E-state index contributed by atoms with van der Waals surface area (Å²) in [6.45, 7) is 4.34. The van der Waals surface area contributed by atoms with E-state index < -0.39 is 0 Å². The summed E-state index contributed by atoms with van der Waals surface area (Å²) in [5.41, 5.74) is 4.02. The third kappa shape index (κ3) is 2.35. The van der Waals surface area contributed by atoms with E-state index in [-0.39, 0.29) is 17.3 Å². The van der Waals surface area contributed by atoms with Gasteiger partial charge in [0.15, 0.2) is 0 Å². The molecule has 3 heteroatoms. The molecule has 1 saturated carbocycles. The lowest BCUT2D eigenvalue weighted by Crippen LogP contribution is -2.54. The Morgan fingerprint density at radius 1 is 1.29 bits per heavy atom. The van der Waals surface area contributed by atoms with Crippen molar-refractivity contribution in [2.24, 2.45) is 11.8 Å². The summed E-state index contributed by atoms with van der Waals surface area (Å²) in [4.78, 5) is 0. The Bertz CT molecular complexity index is 368. The van der Waals surface area contributed by atoms with Crippen LogP contribution in [0.1, 0.15) is 38.7 Å². The zero-order chi connectivity index (χ0) is 12.5. The van der Waals surface area contributed by atoms with Crippen molar-refractivity contribution in [1.29, 1.82) is 0 Å². The van der Waals surface area contributed by atoms with Crippen molar-refractivity contribution in [2.75, 3.05) is 0 Å². The number of hydrogen-bond donors (Lipinski definition) is 2. The van der Waals surface area contributed by atoms with Gasteiger partial charge in [-0.3, -0.25) is 11.3 Å². The molecule has 2 nitrogen and oxygen atoms in total. The molecule has 94 valence electrons. The number of benzene rings is 1. The molecule has 0 radical (unpaired) electrons. The van der Waals surface area contributed by atoms with Gasteiger partial charge >= 0.3 is 0 Å². The van der Waals surface area contributed by atoms with Crippen LogP contribution in [-0.2, 0) is 5.41 Å². The number of nitrogens with one attached hydrogen (secondary N) is 1. The Balaban J connectivity index is 2.23. The Hall–Kier alpha value is -0.930. The topological polar surface area (TPSA) is 38.0 Å². The zero-order valence-electron chi connectivity index (χ0n) is 10.5. The highest BCUT2D eigenvalue weighted by molar-refractivity contribution is 5.27. The van der Waals surface area contributed by atoms with Crippen molar-refractivity contribution < 1.29 is 4.39 Å². The summed E-state index contributed by atoms with van der Waals surface area (Å²) < 4.78 is 13.0. The van der Waals surface area contributed by atoms with E-state index in [0.29, 0.717) is 5.92 Å². The summed E-state index contributed by atoms with van der Waals surface area (Å²) in [6, 6.07) is 7.01. The van der Waals surface area contributed by atoms with Crippen LogP contribution in [0.2, 0.25) is 0 Å². The van der Waals surface area contributed by atoms with Gasteiger partial charge in [0.1, 0.15) is 5.82 Å². The smallest absolute Gasteiger partial charge is 0.123 e. The molecule has 1 aliphatic carbocycles. The average Bonchev–Trinajstić information content (AvgIpc) is 2.23. The molecule has 0 spiro atoms. The third-order valence-corrected chi connectivity index (χ3v) is 4.17. The van der Waals surface area contributed by atoms with Gasteiger partial charge in [-0.1, -0.05) is 32.4 Å². The Morgan fingerprint density at radius 2 is 1.88 bits per heavy atom. The molecule has 0 bridgehead atoms. The minimum atomic E-state index is -0.189. The summed E-state index contributed by atoms with van der Waals surface area (Å²) >= 11 is 0. The van der Waals surface area contributed by atoms with Gasteiger partial charge in [-0.15, -0.1) is 0 Å². The van der Waals surface area contributed by atoms with Gasteiger partial charge in [0.05, 0.1) is 0 Å². The molecule has 0 amide bonds. The molecular formula is C14H21FN2. The Kier molecular flexibility index (Phi) is 3.50. The van der Waals surface area contributed by atoms with E-state index in [1.54, 1.807) is 0 Å². The third-order valence-electron chi connectivity index (χ3n) is 4.17. The van der Waals surface area contributed by atoms with Gasteiger partial charge in [-0.2, -0.15) is 0 Å². The predicted octanol–water partition coefficient (Wildman–Crippen LogP) is 2.74. The van der Waals surface area contributed by atoms with Crippen molar-refractivity contribution in [3.8, 4) is 0 Å². The molecule has 1 fully saturated rings. The predicted molar refractivity (Wildman–Crippen MR) is 67.9 cm³/mol. The first-order chi connectivity index (χ1) is 8.05. The van der Waals surface area contributed by atoms with Gasteiger partial charge in [-0.25, -0.2) is 4.39 Å². The van der Waals surface area contributed by atoms with Gasteiger partial charge in [0.2, 0.25) is 0 Å². The van der Waals surface area contributed by atoms with Gasteiger partial charge in [0, 0.05) is 11.5 Å². The Morgan fingerprint density at radius 3 is 2.29 bits per heavy atom. The van der Waals surface area contributed by atoms with Crippen LogP contribution >= 0.6 is 0 Å². The quantitative estimate of drug-likeness (QED) is 0.623. The SMILES string of the molecule is CC(C)(c1ccc(F)cc1)C(NN)C1CCC1. The first-order valence-electron chi connectivity index (χ1n) is 6.28. The molecule has 0 saturated heterocycles. The Labute approximate surface area is 102 Å². The summed E-state index contributed by atoms with van der Waals surface area (Å²) in [7, 11) is 0. The minimum absolute atomic E-state index is 0.0759. The van der Waals surface area contributed by atoms with E-state index in [9.17, 15) is 4.39 Å². The fraction of sp³-hybridized carbons (Fsp3) is 0.571. The number of rotatable bonds is 4. The fourth-order valence-corrected chi connectivity index (χ4v) is 2.77. The standard InChI is InChI=1S/C14H21FN2/c1-14(2,11-6-8-12(15)9-7-11)13(17-16)10-4-3-5-10/h6-10,13,17H,3-5,16H2,1-2H3. The highest BCUT2D eigenvalue weighted by Crippen LogP contribution is 2.39. The van der Waals surface area contributed by atoms with E-state index in [4.69, 9.17) is 5.84 Å². The van der Waals surface area contributed by atoms with Crippen molar-refractivity contribution in [2.45, 2.75) is 44.6 Å². The van der Waals surface area contributed by atoms with E-state index >= 15 is 0 Å². The molecular weight excluding hydrogens is 215 g/mol. The second-order valence-corrected chi connectivity index (χ2v) is 5.56. The van der Waals surface area contributed by atoms with Crippen molar-refractivity contribution in [1.82, 2.24) is 5.43 Å². The molecule has 0 heterocycles. The van der Waals surface area contributed by atoms with Crippen LogP contribution in [0.3, 0.4) is 0 Å². The van der Waals surface area contributed by atoms with E-state index in [1.807, 2.05) is 12.1 Å². The van der Waals surface area contributed by atoms with Crippen LogP contribution in [0.4, 0.5) is 4.39 Å². The lowest BCUT2D eigenvalue weighted by molar-refractivity contribution is 0.166. The maximum atomic E-state index is 13.0. The minimum Gasteiger partial charge on any atom is -0.271 e. The molecule has 17 heavy (non-hydrogen) atoms. The van der Waals surface area contributed by atoms with Crippen LogP contribution in [0, 0.1) is 11.7 Å². The van der Waals surface area contributed by atoms with E-state index in [0.717, 1.165) is 5.56 Å². The second kappa shape index (κ2) is 4.75. The molecule has 0 aliphatic heterocycles. The number of hydrogen-bond acceptors (Lipinski definition) is 2. The van der Waals surface area contributed by atoms with Crippen LogP contribution < -0.4 is 11.3 Å². The highest BCUT2D eigenvalue weighted by atomic mass is 19.1. The molecule has 0 aromatic heterocycles. The fourth-order valence-electron chi connectivity index (χ4n) is 2.77. The van der Waals surface area contributed by atoms with E-state index in [1.165, 1.54) is 31.4 Å². The van der Waals surface area contributed by atoms with Crippen LogP contribution in [-0.4, -0.2) is 6.04 Å². The molecule has 1 atom stereocenters. The summed E-state index contributed by atoms with van der Waals surface area (Å²) in [5.74, 6) is 6.16. The number of halogens is 1. The van der Waals surface area contributed by atoms with Crippen molar-refractivity contribution in [3.63, 3.8) is 0 Å². The first-order valence-corrected chi connectivity index (χ1v) is 6.28. The maximum Gasteiger partial charge on any atom is 0.123 e.